The topological polar surface area (TPSA) is 3.24 Å². The molecule has 0 rings (SSSR count). The molecule has 0 aliphatic carbocycles. The highest BCUT2D eigenvalue weighted by molar-refractivity contribution is 4.91. The molecule has 0 spiro atoms. The first-order valence-electron chi connectivity index (χ1n) is 5.86. The Hall–Kier alpha value is -0.480. The Kier molecular flexibility index (Phi) is 7.61. The van der Waals surface area contributed by atoms with E-state index in [0.29, 0.717) is 12.1 Å². The summed E-state index contributed by atoms with van der Waals surface area (Å²) in [6.07, 6.45) is 10.4. The predicted octanol–water partition coefficient (Wildman–Crippen LogP) is 3.30. The maximum Gasteiger partial charge on any atom is 0.0603 e. The van der Waals surface area contributed by atoms with Gasteiger partial charge in [-0.1, -0.05) is 32.6 Å². The minimum atomic E-state index is 0.623. The quantitative estimate of drug-likeness (QED) is 0.563. The van der Waals surface area contributed by atoms with Crippen LogP contribution in [0.25, 0.3) is 0 Å². The van der Waals surface area contributed by atoms with Gasteiger partial charge in [0.2, 0.25) is 0 Å². The van der Waals surface area contributed by atoms with E-state index in [1.807, 2.05) is 0 Å². The van der Waals surface area contributed by atoms with Crippen LogP contribution in [0.1, 0.15) is 53.4 Å². The van der Waals surface area contributed by atoms with E-state index in [0.717, 1.165) is 6.54 Å². The van der Waals surface area contributed by atoms with E-state index in [4.69, 9.17) is 6.42 Å². The molecule has 0 N–H and O–H groups in total. The summed E-state index contributed by atoms with van der Waals surface area (Å²) in [6.45, 7) is 9.83. The Labute approximate surface area is 89.9 Å². The van der Waals surface area contributed by atoms with Crippen LogP contribution in [-0.2, 0) is 0 Å². The second-order valence-corrected chi connectivity index (χ2v) is 4.15. The fourth-order valence-electron chi connectivity index (χ4n) is 2.02. The molecule has 0 saturated heterocycles. The van der Waals surface area contributed by atoms with Crippen LogP contribution in [0.15, 0.2) is 0 Å². The van der Waals surface area contributed by atoms with Crippen LogP contribution in [0.3, 0.4) is 0 Å². The van der Waals surface area contributed by atoms with E-state index in [1.165, 1.54) is 25.7 Å². The monoisotopic (exact) mass is 195 g/mol. The predicted molar refractivity (Wildman–Crippen MR) is 64.3 cm³/mol. The Morgan fingerprint density at radius 1 is 1.07 bits per heavy atom. The third-order valence-electron chi connectivity index (χ3n) is 2.82. The molecule has 1 nitrogen and oxygen atoms in total. The summed E-state index contributed by atoms with van der Waals surface area (Å²) < 4.78 is 0. The lowest BCUT2D eigenvalue weighted by atomic mass is 10.1. The molecule has 2 atom stereocenters. The van der Waals surface area contributed by atoms with E-state index in [1.54, 1.807) is 0 Å². The summed E-state index contributed by atoms with van der Waals surface area (Å²) in [4.78, 5) is 2.45. The highest BCUT2D eigenvalue weighted by Crippen LogP contribution is 2.13. The van der Waals surface area contributed by atoms with Crippen molar-refractivity contribution in [1.82, 2.24) is 4.90 Å². The van der Waals surface area contributed by atoms with E-state index >= 15 is 0 Å². The number of hydrogen-bond donors (Lipinski definition) is 0. The van der Waals surface area contributed by atoms with E-state index in [2.05, 4.69) is 38.5 Å². The van der Waals surface area contributed by atoms with Crippen LogP contribution in [0.4, 0.5) is 0 Å². The van der Waals surface area contributed by atoms with Crippen molar-refractivity contribution in [3.8, 4) is 12.3 Å². The van der Waals surface area contributed by atoms with Crippen LogP contribution in [0.2, 0.25) is 0 Å². The molecule has 0 aliphatic heterocycles. The van der Waals surface area contributed by atoms with Gasteiger partial charge in [0.15, 0.2) is 0 Å². The Bertz CT molecular complexity index is 157. The Balaban J connectivity index is 4.19. The van der Waals surface area contributed by atoms with Gasteiger partial charge in [0.05, 0.1) is 6.54 Å². The van der Waals surface area contributed by atoms with Gasteiger partial charge in [0.1, 0.15) is 0 Å². The van der Waals surface area contributed by atoms with Gasteiger partial charge in [-0.3, -0.25) is 4.90 Å². The SMILES string of the molecule is C#CCN(C(C)CCC)C(C)CCC. The van der Waals surface area contributed by atoms with Crippen molar-refractivity contribution in [2.24, 2.45) is 0 Å². The first-order valence-corrected chi connectivity index (χ1v) is 5.86. The Morgan fingerprint density at radius 3 is 1.79 bits per heavy atom. The average Bonchev–Trinajstić information content (AvgIpc) is 2.14. The van der Waals surface area contributed by atoms with Gasteiger partial charge in [0, 0.05) is 12.1 Å². The van der Waals surface area contributed by atoms with Gasteiger partial charge in [-0.05, 0) is 26.7 Å². The van der Waals surface area contributed by atoms with Crippen molar-refractivity contribution < 1.29 is 0 Å². The van der Waals surface area contributed by atoms with Crippen LogP contribution >= 0.6 is 0 Å². The minimum absolute atomic E-state index is 0.623. The van der Waals surface area contributed by atoms with Gasteiger partial charge in [-0.15, -0.1) is 6.42 Å². The summed E-state index contributed by atoms with van der Waals surface area (Å²) >= 11 is 0. The number of nitrogens with zero attached hydrogens (tertiary/aromatic N) is 1. The Morgan fingerprint density at radius 2 is 1.50 bits per heavy atom. The van der Waals surface area contributed by atoms with E-state index < -0.39 is 0 Å². The molecular weight excluding hydrogens is 170 g/mol. The third kappa shape index (κ3) is 4.67. The second-order valence-electron chi connectivity index (χ2n) is 4.15. The maximum atomic E-state index is 5.41. The largest absolute Gasteiger partial charge is 0.287 e. The molecule has 0 heterocycles. The molecule has 0 amide bonds. The molecule has 0 fully saturated rings. The van der Waals surface area contributed by atoms with Crippen molar-refractivity contribution in [3.63, 3.8) is 0 Å². The zero-order chi connectivity index (χ0) is 11.0. The lowest BCUT2D eigenvalue weighted by molar-refractivity contribution is 0.159. The summed E-state index contributed by atoms with van der Waals surface area (Å²) in [6, 6.07) is 1.25. The number of terminal acetylenes is 1. The molecule has 0 aromatic heterocycles. The molecule has 0 aromatic rings. The number of rotatable bonds is 7. The van der Waals surface area contributed by atoms with Crippen molar-refractivity contribution in [3.05, 3.63) is 0 Å². The smallest absolute Gasteiger partial charge is 0.0603 e. The van der Waals surface area contributed by atoms with Gasteiger partial charge >= 0.3 is 0 Å². The summed E-state index contributed by atoms with van der Waals surface area (Å²) in [5, 5.41) is 0. The molecule has 0 aliphatic rings. The van der Waals surface area contributed by atoms with Gasteiger partial charge < -0.3 is 0 Å². The molecule has 14 heavy (non-hydrogen) atoms. The van der Waals surface area contributed by atoms with Gasteiger partial charge in [0.25, 0.3) is 0 Å². The molecule has 0 saturated carbocycles. The van der Waals surface area contributed by atoms with Crippen LogP contribution in [0.5, 0.6) is 0 Å². The van der Waals surface area contributed by atoms with Gasteiger partial charge in [-0.25, -0.2) is 0 Å². The first-order chi connectivity index (χ1) is 6.67. The molecule has 82 valence electrons. The summed E-state index contributed by atoms with van der Waals surface area (Å²) in [7, 11) is 0. The lowest BCUT2D eigenvalue weighted by Crippen LogP contribution is -2.40. The van der Waals surface area contributed by atoms with Crippen molar-refractivity contribution >= 4 is 0 Å². The van der Waals surface area contributed by atoms with E-state index in [-0.39, 0.29) is 0 Å². The molecule has 1 heteroatoms. The molecular formula is C13H25N. The van der Waals surface area contributed by atoms with Crippen molar-refractivity contribution in [2.45, 2.75) is 65.5 Å². The third-order valence-corrected chi connectivity index (χ3v) is 2.82. The highest BCUT2D eigenvalue weighted by Gasteiger charge is 2.17. The fourth-order valence-corrected chi connectivity index (χ4v) is 2.02. The molecule has 0 radical (unpaired) electrons. The second kappa shape index (κ2) is 7.88. The average molecular weight is 195 g/mol. The zero-order valence-electron chi connectivity index (χ0n) is 10.2. The summed E-state index contributed by atoms with van der Waals surface area (Å²) in [5.74, 6) is 2.77. The highest BCUT2D eigenvalue weighted by atomic mass is 15.2. The molecule has 0 bridgehead atoms. The van der Waals surface area contributed by atoms with Crippen molar-refractivity contribution in [2.75, 3.05) is 6.54 Å². The number of hydrogen-bond acceptors (Lipinski definition) is 1. The molecule has 0 aromatic carbocycles. The van der Waals surface area contributed by atoms with Crippen molar-refractivity contribution in [1.29, 1.82) is 0 Å². The van der Waals surface area contributed by atoms with Crippen LogP contribution < -0.4 is 0 Å². The van der Waals surface area contributed by atoms with Crippen LogP contribution in [-0.4, -0.2) is 23.5 Å². The lowest BCUT2D eigenvalue weighted by Gasteiger charge is -2.32. The maximum absolute atomic E-state index is 5.41. The fraction of sp³-hybridized carbons (Fsp3) is 0.846. The summed E-state index contributed by atoms with van der Waals surface area (Å²) in [5.41, 5.74) is 0. The van der Waals surface area contributed by atoms with E-state index in [9.17, 15) is 0 Å². The van der Waals surface area contributed by atoms with Crippen LogP contribution in [0, 0.1) is 12.3 Å². The minimum Gasteiger partial charge on any atom is -0.287 e. The molecule has 2 unspecified atom stereocenters. The normalized spacial score (nSPS) is 15.1. The first kappa shape index (κ1) is 13.5. The van der Waals surface area contributed by atoms with Gasteiger partial charge in [-0.2, -0.15) is 0 Å². The standard InChI is InChI=1S/C13H25N/c1-6-9-12(4)14(11-8-3)13(5)10-7-2/h3,12-13H,6-7,9-11H2,1-2,4-5H3. The zero-order valence-corrected chi connectivity index (χ0v) is 10.2.